The molecule has 1 rings (SSSR count). The maximum Gasteiger partial charge on any atom is 0.382 e. The second-order valence-electron chi connectivity index (χ2n) is 4.26. The van der Waals surface area contributed by atoms with Crippen molar-refractivity contribution in [2.75, 3.05) is 6.26 Å². The van der Waals surface area contributed by atoms with E-state index in [4.69, 9.17) is 25.4 Å². The Kier molecular flexibility index (Phi) is 6.69. The van der Waals surface area contributed by atoms with Crippen molar-refractivity contribution in [3.8, 4) is 5.88 Å². The Morgan fingerprint density at radius 3 is 2.05 bits per heavy atom. The number of thioether (sulfide) groups is 1. The average Bonchev–Trinajstić information content (AvgIpc) is 2.27. The summed E-state index contributed by atoms with van der Waals surface area (Å²) in [6, 6.07) is 3.53. The first kappa shape index (κ1) is 16.9. The summed E-state index contributed by atoms with van der Waals surface area (Å²) in [4.78, 5) is 0. The molecule has 0 aromatic carbocycles. The molecule has 108 valence electrons. The topological polar surface area (TPSA) is 53.5 Å². The van der Waals surface area contributed by atoms with Gasteiger partial charge in [0, 0.05) is 17.9 Å². The van der Waals surface area contributed by atoms with Crippen LogP contribution in [0.2, 0.25) is 0 Å². The SMILES string of the molecule is CSc1ccc(OP(=S)(OC(C)C)OC(C)C)nn1. The van der Waals surface area contributed by atoms with Gasteiger partial charge in [-0.15, -0.1) is 22.0 Å². The Labute approximate surface area is 123 Å². The van der Waals surface area contributed by atoms with E-state index < -0.39 is 6.72 Å². The molecule has 0 amide bonds. The molecule has 0 fully saturated rings. The highest BCUT2D eigenvalue weighted by Crippen LogP contribution is 2.51. The average molecular weight is 322 g/mol. The summed E-state index contributed by atoms with van der Waals surface area (Å²) in [5.41, 5.74) is 0. The van der Waals surface area contributed by atoms with Crippen molar-refractivity contribution in [2.45, 2.75) is 44.9 Å². The van der Waals surface area contributed by atoms with Crippen LogP contribution in [-0.2, 0) is 20.9 Å². The molecule has 0 aliphatic rings. The zero-order valence-electron chi connectivity index (χ0n) is 11.7. The van der Waals surface area contributed by atoms with Gasteiger partial charge in [0.05, 0.1) is 12.2 Å². The number of rotatable bonds is 7. The van der Waals surface area contributed by atoms with Crippen LogP contribution in [0.25, 0.3) is 0 Å². The molecule has 0 saturated heterocycles. The molecule has 0 spiro atoms. The molecule has 19 heavy (non-hydrogen) atoms. The fraction of sp³-hybridized carbons (Fsp3) is 0.636. The van der Waals surface area contributed by atoms with E-state index in [9.17, 15) is 0 Å². The molecule has 0 unspecified atom stereocenters. The molecule has 0 aliphatic carbocycles. The fourth-order valence-electron chi connectivity index (χ4n) is 1.16. The third kappa shape index (κ3) is 6.19. The zero-order chi connectivity index (χ0) is 14.5. The van der Waals surface area contributed by atoms with Crippen molar-refractivity contribution < 1.29 is 13.6 Å². The highest BCUT2D eigenvalue weighted by Gasteiger charge is 2.26. The summed E-state index contributed by atoms with van der Waals surface area (Å²) in [7, 11) is 0. The lowest BCUT2D eigenvalue weighted by Crippen LogP contribution is -2.12. The molecular formula is C11H19N2O3PS2. The van der Waals surface area contributed by atoms with Gasteiger partial charge in [-0.2, -0.15) is 0 Å². The van der Waals surface area contributed by atoms with Crippen LogP contribution in [0.15, 0.2) is 17.2 Å². The van der Waals surface area contributed by atoms with Gasteiger partial charge in [-0.25, -0.2) is 0 Å². The van der Waals surface area contributed by atoms with Gasteiger partial charge in [-0.3, -0.25) is 9.05 Å². The molecule has 1 aromatic heterocycles. The molecular weight excluding hydrogens is 303 g/mol. The van der Waals surface area contributed by atoms with Crippen molar-refractivity contribution in [3.05, 3.63) is 12.1 Å². The van der Waals surface area contributed by atoms with Crippen LogP contribution in [0.1, 0.15) is 27.7 Å². The number of nitrogens with zero attached hydrogens (tertiary/aromatic N) is 2. The minimum atomic E-state index is -2.85. The molecule has 1 aromatic rings. The standard InChI is InChI=1S/C11H19N2O3PS2/c1-8(2)14-17(18,15-9(3)4)16-10-6-7-11(19-5)13-12-10/h6-9H,1-5H3. The molecule has 0 saturated carbocycles. The van der Waals surface area contributed by atoms with E-state index in [0.29, 0.717) is 5.88 Å². The zero-order valence-corrected chi connectivity index (χ0v) is 14.2. The van der Waals surface area contributed by atoms with Crippen LogP contribution in [0, 0.1) is 0 Å². The number of hydrogen-bond donors (Lipinski definition) is 0. The maximum atomic E-state index is 5.62. The normalized spacial score (nSPS) is 12.2. The van der Waals surface area contributed by atoms with E-state index in [1.165, 1.54) is 11.8 Å². The predicted molar refractivity (Wildman–Crippen MR) is 81.2 cm³/mol. The first-order valence-corrected chi connectivity index (χ1v) is 9.67. The molecule has 0 radical (unpaired) electrons. The van der Waals surface area contributed by atoms with Gasteiger partial charge in [0.15, 0.2) is 0 Å². The lowest BCUT2D eigenvalue weighted by atomic mass is 10.5. The summed E-state index contributed by atoms with van der Waals surface area (Å²) >= 11 is 6.88. The minimum Gasteiger partial charge on any atom is -0.404 e. The van der Waals surface area contributed by atoms with Crippen molar-refractivity contribution in [1.82, 2.24) is 10.2 Å². The van der Waals surface area contributed by atoms with E-state index in [1.807, 2.05) is 40.0 Å². The summed E-state index contributed by atoms with van der Waals surface area (Å²) < 4.78 is 16.9. The van der Waals surface area contributed by atoms with E-state index >= 15 is 0 Å². The Hall–Kier alpha value is -0.200. The van der Waals surface area contributed by atoms with E-state index in [0.717, 1.165) is 5.03 Å². The van der Waals surface area contributed by atoms with Crippen LogP contribution in [0.3, 0.4) is 0 Å². The lowest BCUT2D eigenvalue weighted by Gasteiger charge is -2.25. The molecule has 0 aliphatic heterocycles. The van der Waals surface area contributed by atoms with Crippen molar-refractivity contribution in [2.24, 2.45) is 0 Å². The smallest absolute Gasteiger partial charge is 0.382 e. The Balaban J connectivity index is 2.83. The highest BCUT2D eigenvalue weighted by atomic mass is 32.5. The quantitative estimate of drug-likeness (QED) is 0.561. The minimum absolute atomic E-state index is 0.0805. The number of hydrogen-bond acceptors (Lipinski definition) is 7. The summed E-state index contributed by atoms with van der Waals surface area (Å²) in [5.74, 6) is 0.322. The molecule has 0 bridgehead atoms. The highest BCUT2D eigenvalue weighted by molar-refractivity contribution is 8.07. The van der Waals surface area contributed by atoms with Gasteiger partial charge in [-0.1, -0.05) is 0 Å². The van der Waals surface area contributed by atoms with Crippen LogP contribution in [-0.4, -0.2) is 28.7 Å². The summed E-state index contributed by atoms with van der Waals surface area (Å²) in [6.07, 6.45) is 1.77. The van der Waals surface area contributed by atoms with Gasteiger partial charge < -0.3 is 4.52 Å². The van der Waals surface area contributed by atoms with Gasteiger partial charge >= 0.3 is 6.72 Å². The summed E-state index contributed by atoms with van der Waals surface area (Å²) in [6.45, 7) is 4.69. The van der Waals surface area contributed by atoms with Crippen LogP contribution >= 0.6 is 18.5 Å². The molecule has 1 heterocycles. The fourth-order valence-corrected chi connectivity index (χ4v) is 4.25. The van der Waals surface area contributed by atoms with E-state index in [-0.39, 0.29) is 12.2 Å². The maximum absolute atomic E-state index is 5.62. The third-order valence-electron chi connectivity index (χ3n) is 1.71. The molecule has 0 atom stereocenters. The van der Waals surface area contributed by atoms with Gasteiger partial charge in [0.1, 0.15) is 5.03 Å². The molecule has 8 heteroatoms. The van der Waals surface area contributed by atoms with Crippen LogP contribution in [0.5, 0.6) is 5.88 Å². The van der Waals surface area contributed by atoms with Crippen molar-refractivity contribution >= 4 is 30.3 Å². The second-order valence-corrected chi connectivity index (χ2v) is 7.93. The van der Waals surface area contributed by atoms with Crippen LogP contribution in [0.4, 0.5) is 0 Å². The van der Waals surface area contributed by atoms with Crippen LogP contribution < -0.4 is 4.52 Å². The number of aromatic nitrogens is 2. The molecule has 0 N–H and O–H groups in total. The third-order valence-corrected chi connectivity index (χ3v) is 4.86. The van der Waals surface area contributed by atoms with E-state index in [1.54, 1.807) is 6.07 Å². The predicted octanol–water partition coefficient (Wildman–Crippen LogP) is 3.65. The Bertz CT molecular complexity index is 426. The summed E-state index contributed by atoms with van der Waals surface area (Å²) in [5, 5.41) is 8.76. The molecule has 5 nitrogen and oxygen atoms in total. The van der Waals surface area contributed by atoms with Gasteiger partial charge in [0.2, 0.25) is 5.88 Å². The Morgan fingerprint density at radius 1 is 1.11 bits per heavy atom. The van der Waals surface area contributed by atoms with E-state index in [2.05, 4.69) is 10.2 Å². The van der Waals surface area contributed by atoms with Crippen molar-refractivity contribution in [1.29, 1.82) is 0 Å². The monoisotopic (exact) mass is 322 g/mol. The first-order valence-electron chi connectivity index (χ1n) is 5.89. The lowest BCUT2D eigenvalue weighted by molar-refractivity contribution is 0.139. The van der Waals surface area contributed by atoms with Gasteiger partial charge in [0.25, 0.3) is 0 Å². The first-order chi connectivity index (χ1) is 8.84. The largest absolute Gasteiger partial charge is 0.404 e. The van der Waals surface area contributed by atoms with Crippen molar-refractivity contribution in [3.63, 3.8) is 0 Å². The second kappa shape index (κ2) is 7.55. The van der Waals surface area contributed by atoms with Gasteiger partial charge in [-0.05, 0) is 40.0 Å². The Morgan fingerprint density at radius 2 is 1.68 bits per heavy atom.